The van der Waals surface area contributed by atoms with Crippen molar-refractivity contribution >= 4 is 41.0 Å². The predicted molar refractivity (Wildman–Crippen MR) is 115 cm³/mol. The maximum atomic E-state index is 12.9. The molecule has 1 aliphatic heterocycles. The summed E-state index contributed by atoms with van der Waals surface area (Å²) in [6, 6.07) is 0.145. The monoisotopic (exact) mass is 452 g/mol. The van der Waals surface area contributed by atoms with E-state index in [1.54, 1.807) is 39.0 Å². The number of hydrogen-bond acceptors (Lipinski definition) is 7. The summed E-state index contributed by atoms with van der Waals surface area (Å²) >= 11 is 2.74. The molecule has 3 amide bonds. The Kier molecular flexibility index (Phi) is 6.98. The number of thioether (sulfide) groups is 1. The Labute approximate surface area is 181 Å². The Balaban J connectivity index is 1.71. The third kappa shape index (κ3) is 4.93. The summed E-state index contributed by atoms with van der Waals surface area (Å²) in [5.41, 5.74) is 6.53. The minimum absolute atomic E-state index is 0.0671. The van der Waals surface area contributed by atoms with Crippen LogP contribution in [-0.2, 0) is 4.79 Å². The Morgan fingerprint density at radius 3 is 2.83 bits per heavy atom. The first-order valence-electron chi connectivity index (χ1n) is 9.37. The number of rotatable bonds is 8. The summed E-state index contributed by atoms with van der Waals surface area (Å²) in [5, 5.41) is 21.8. The Bertz CT molecular complexity index is 929. The number of nitrogens with zero attached hydrogens (tertiary/aromatic N) is 4. The number of thiophene rings is 1. The minimum atomic E-state index is -0.974. The highest BCUT2D eigenvalue weighted by Gasteiger charge is 2.37. The van der Waals surface area contributed by atoms with Gasteiger partial charge < -0.3 is 21.1 Å². The van der Waals surface area contributed by atoms with Crippen molar-refractivity contribution in [2.24, 2.45) is 11.7 Å². The van der Waals surface area contributed by atoms with E-state index >= 15 is 0 Å². The van der Waals surface area contributed by atoms with Crippen LogP contribution in [0.25, 0.3) is 11.3 Å². The quantitative estimate of drug-likeness (QED) is 0.551. The van der Waals surface area contributed by atoms with Gasteiger partial charge in [-0.05, 0) is 30.4 Å². The van der Waals surface area contributed by atoms with Gasteiger partial charge in [0.05, 0.1) is 12.2 Å². The molecule has 0 saturated carbocycles. The third-order valence-electron chi connectivity index (χ3n) is 5.07. The molecule has 2 aromatic heterocycles. The van der Waals surface area contributed by atoms with Gasteiger partial charge in [0.2, 0.25) is 5.91 Å². The summed E-state index contributed by atoms with van der Waals surface area (Å²) < 4.78 is 1.73. The third-order valence-corrected chi connectivity index (χ3v) is 6.63. The average molecular weight is 453 g/mol. The van der Waals surface area contributed by atoms with Gasteiger partial charge in [0.1, 0.15) is 16.6 Å². The molecule has 3 heterocycles. The van der Waals surface area contributed by atoms with Gasteiger partial charge in [-0.3, -0.25) is 4.79 Å². The van der Waals surface area contributed by atoms with Crippen LogP contribution in [0.1, 0.15) is 29.1 Å². The number of hydrogen-bond donors (Lipinski definition) is 3. The number of nitrogens with two attached hydrogens (primary N) is 1. The van der Waals surface area contributed by atoms with Crippen LogP contribution in [0, 0.1) is 5.92 Å². The minimum Gasteiger partial charge on any atom is -0.477 e. The smallest absolute Gasteiger partial charge is 0.345 e. The van der Waals surface area contributed by atoms with E-state index in [4.69, 9.17) is 10.8 Å². The van der Waals surface area contributed by atoms with Gasteiger partial charge >= 0.3 is 12.0 Å². The zero-order valence-corrected chi connectivity index (χ0v) is 18.3. The van der Waals surface area contributed by atoms with E-state index in [0.717, 1.165) is 17.1 Å². The highest BCUT2D eigenvalue weighted by atomic mass is 32.2. The lowest BCUT2D eigenvalue weighted by Gasteiger charge is -2.23. The maximum Gasteiger partial charge on any atom is 0.345 e. The molecule has 0 spiro atoms. The number of amides is 3. The van der Waals surface area contributed by atoms with E-state index in [-0.39, 0.29) is 22.7 Å². The van der Waals surface area contributed by atoms with E-state index < -0.39 is 18.0 Å². The molecule has 4 N–H and O–H groups in total. The number of urea groups is 1. The summed E-state index contributed by atoms with van der Waals surface area (Å²) in [6.45, 7) is 3.02. The second-order valence-electron chi connectivity index (χ2n) is 7.22. The number of aromatic nitrogens is 3. The van der Waals surface area contributed by atoms with Gasteiger partial charge in [-0.2, -0.15) is 11.8 Å². The number of carbonyl (C=O) groups excluding carboxylic acids is 2. The number of carboxylic acids is 1. The summed E-state index contributed by atoms with van der Waals surface area (Å²) in [5.74, 6) is -0.260. The van der Waals surface area contributed by atoms with Crippen LogP contribution >= 0.6 is 23.1 Å². The van der Waals surface area contributed by atoms with Crippen molar-refractivity contribution in [2.75, 3.05) is 25.1 Å². The van der Waals surface area contributed by atoms with E-state index in [9.17, 15) is 14.4 Å². The Morgan fingerprint density at radius 2 is 2.20 bits per heavy atom. The molecule has 3 atom stereocenters. The van der Waals surface area contributed by atoms with Gasteiger partial charge in [-0.1, -0.05) is 12.1 Å². The second kappa shape index (κ2) is 9.47. The van der Waals surface area contributed by atoms with Crippen LogP contribution < -0.4 is 11.1 Å². The lowest BCUT2D eigenvalue weighted by molar-refractivity contribution is -0.132. The molecule has 2 aromatic rings. The molecule has 10 nitrogen and oxygen atoms in total. The van der Waals surface area contributed by atoms with E-state index in [0.29, 0.717) is 30.8 Å². The number of carbonyl (C=O) groups is 3. The highest BCUT2D eigenvalue weighted by molar-refractivity contribution is 7.98. The predicted octanol–water partition coefficient (Wildman–Crippen LogP) is 1.51. The maximum absolute atomic E-state index is 12.9. The topological polar surface area (TPSA) is 143 Å². The molecule has 0 radical (unpaired) electrons. The van der Waals surface area contributed by atoms with E-state index in [2.05, 4.69) is 15.6 Å². The molecule has 3 rings (SSSR count). The second-order valence-corrected chi connectivity index (χ2v) is 9.12. The lowest BCUT2D eigenvalue weighted by atomic mass is 10.1. The van der Waals surface area contributed by atoms with Gasteiger partial charge in [0.15, 0.2) is 0 Å². The largest absolute Gasteiger partial charge is 0.477 e. The van der Waals surface area contributed by atoms with E-state index in [1.807, 2.05) is 13.2 Å². The summed E-state index contributed by atoms with van der Waals surface area (Å²) in [6.07, 6.45) is 4.22. The van der Waals surface area contributed by atoms with Crippen molar-refractivity contribution in [3.63, 3.8) is 0 Å². The number of nitrogens with one attached hydrogen (secondary N) is 1. The van der Waals surface area contributed by atoms with Crippen molar-refractivity contribution in [2.45, 2.75) is 25.4 Å². The fourth-order valence-corrected chi connectivity index (χ4v) is 4.72. The standard InChI is InChI=1S/C18H24N6O4S2/c1-10-6-23(16(25)12(3-4-29-2)20-18(19)28)8-14(10)24-7-13(21-22-24)11-5-15(17(26)27)30-9-11/h5,7,9-10,12,14H,3-4,6,8H2,1-2H3,(H,26,27)(H3,19,20,28)/t10-,12+,14-/m1/s1. The molecule has 162 valence electrons. The van der Waals surface area contributed by atoms with Gasteiger partial charge in [-0.15, -0.1) is 16.4 Å². The van der Waals surface area contributed by atoms with Crippen molar-refractivity contribution in [3.8, 4) is 11.3 Å². The number of aromatic carboxylic acids is 1. The normalized spacial score (nSPS) is 19.6. The fourth-order valence-electron chi connectivity index (χ4n) is 3.51. The highest BCUT2D eigenvalue weighted by Crippen LogP contribution is 2.30. The van der Waals surface area contributed by atoms with Crippen LogP contribution in [0.4, 0.5) is 4.79 Å². The number of likely N-dealkylation sites (tertiary alicyclic amines) is 1. The average Bonchev–Trinajstić information content (AvgIpc) is 3.42. The molecule has 0 bridgehead atoms. The van der Waals surface area contributed by atoms with Crippen molar-refractivity contribution < 1.29 is 19.5 Å². The van der Waals surface area contributed by atoms with E-state index in [1.165, 1.54) is 0 Å². The Hall–Kier alpha value is -2.60. The lowest BCUT2D eigenvalue weighted by Crippen LogP contribution is -2.50. The van der Waals surface area contributed by atoms with Gasteiger partial charge in [-0.25, -0.2) is 14.3 Å². The number of primary amides is 1. The van der Waals surface area contributed by atoms with Crippen LogP contribution in [0.2, 0.25) is 0 Å². The van der Waals surface area contributed by atoms with Crippen molar-refractivity contribution in [1.82, 2.24) is 25.2 Å². The van der Waals surface area contributed by atoms with Crippen LogP contribution in [0.3, 0.4) is 0 Å². The molecule has 30 heavy (non-hydrogen) atoms. The molecule has 12 heteroatoms. The SMILES string of the molecule is CSCC[C@H](NC(N)=O)C(=O)N1C[C@@H](C)[C@H](n2cc(-c3csc(C(=O)O)c3)nn2)C1. The van der Waals surface area contributed by atoms with Gasteiger partial charge in [0.25, 0.3) is 0 Å². The molecular formula is C18H24N6O4S2. The Morgan fingerprint density at radius 1 is 1.43 bits per heavy atom. The molecule has 1 aliphatic rings. The van der Waals surface area contributed by atoms with Crippen molar-refractivity contribution in [1.29, 1.82) is 0 Å². The number of carboxylic acid groups (broad SMARTS) is 1. The van der Waals surface area contributed by atoms with Crippen LogP contribution in [0.15, 0.2) is 17.6 Å². The van der Waals surface area contributed by atoms with Gasteiger partial charge in [0, 0.05) is 24.0 Å². The zero-order chi connectivity index (χ0) is 21.8. The molecule has 0 aliphatic carbocycles. The zero-order valence-electron chi connectivity index (χ0n) is 16.6. The summed E-state index contributed by atoms with van der Waals surface area (Å²) in [4.78, 5) is 37.3. The first kappa shape index (κ1) is 22.1. The molecule has 1 saturated heterocycles. The van der Waals surface area contributed by atoms with Crippen molar-refractivity contribution in [3.05, 3.63) is 22.5 Å². The molecule has 0 unspecified atom stereocenters. The molecule has 0 aromatic carbocycles. The first-order chi connectivity index (χ1) is 14.3. The fraction of sp³-hybridized carbons (Fsp3) is 0.500. The molecule has 1 fully saturated rings. The summed E-state index contributed by atoms with van der Waals surface area (Å²) in [7, 11) is 0. The van der Waals surface area contributed by atoms with Crippen LogP contribution in [0.5, 0.6) is 0 Å². The van der Waals surface area contributed by atoms with Crippen LogP contribution in [-0.4, -0.2) is 74.0 Å². The first-order valence-corrected chi connectivity index (χ1v) is 11.6. The molecular weight excluding hydrogens is 428 g/mol.